The van der Waals surface area contributed by atoms with Crippen LogP contribution in [0.1, 0.15) is 47.1 Å². The van der Waals surface area contributed by atoms with Crippen LogP contribution in [0.15, 0.2) is 23.2 Å². The molecule has 0 atom stereocenters. The van der Waals surface area contributed by atoms with Gasteiger partial charge in [0.15, 0.2) is 0 Å². The van der Waals surface area contributed by atoms with Crippen molar-refractivity contribution in [2.24, 2.45) is 4.99 Å². The highest BCUT2D eigenvalue weighted by Gasteiger charge is 2.21. The number of amides is 2. The molecule has 0 aromatic heterocycles. The molecular weight excluding hydrogens is 378 g/mol. The Kier molecular flexibility index (Phi) is 8.29. The van der Waals surface area contributed by atoms with Gasteiger partial charge < -0.3 is 18.9 Å². The van der Waals surface area contributed by atoms with E-state index in [2.05, 4.69) is 15.6 Å². The lowest BCUT2D eigenvalue weighted by molar-refractivity contribution is 0.0545. The van der Waals surface area contributed by atoms with E-state index in [4.69, 9.17) is 18.9 Å². The Morgan fingerprint density at radius 1 is 0.897 bits per heavy atom. The number of benzene rings is 1. The number of guanidine groups is 1. The summed E-state index contributed by atoms with van der Waals surface area (Å²) in [6.07, 6.45) is -1.52. The molecule has 162 valence electrons. The Hall–Kier alpha value is -2.97. The number of carbonyl (C=O) groups excluding carboxylic acids is 2. The predicted molar refractivity (Wildman–Crippen MR) is 109 cm³/mol. The van der Waals surface area contributed by atoms with Gasteiger partial charge >= 0.3 is 12.2 Å². The third-order valence-corrected chi connectivity index (χ3v) is 3.13. The van der Waals surface area contributed by atoms with E-state index in [-0.39, 0.29) is 12.5 Å². The average molecular weight is 409 g/mol. The van der Waals surface area contributed by atoms with Gasteiger partial charge in [-0.1, -0.05) is 0 Å². The molecule has 0 fully saturated rings. The number of hydrogen-bond acceptors (Lipinski definition) is 7. The first-order valence-corrected chi connectivity index (χ1v) is 9.08. The summed E-state index contributed by atoms with van der Waals surface area (Å²) in [4.78, 5) is 28.5. The normalized spacial score (nSPS) is 11.2. The zero-order valence-electron chi connectivity index (χ0n) is 18.3. The van der Waals surface area contributed by atoms with Gasteiger partial charge in [-0.05, 0) is 59.7 Å². The standard InChI is InChI=1S/C20H31N3O6/c1-19(2,3)28-17(24)22-16(23-18(25)29-20(4,5)6)21-12-13-11-14(26-7)9-10-15(13)27-8/h9-11H,12H2,1-8H3,(H2,21,22,23,24,25). The Morgan fingerprint density at radius 3 is 1.83 bits per heavy atom. The van der Waals surface area contributed by atoms with Crippen LogP contribution in [0.25, 0.3) is 0 Å². The summed E-state index contributed by atoms with van der Waals surface area (Å²) in [7, 11) is 3.09. The lowest BCUT2D eigenvalue weighted by Gasteiger charge is -2.22. The highest BCUT2D eigenvalue weighted by molar-refractivity contribution is 6.01. The highest BCUT2D eigenvalue weighted by Crippen LogP contribution is 2.24. The minimum atomic E-state index is -0.759. The lowest BCUT2D eigenvalue weighted by atomic mass is 10.2. The molecule has 0 aliphatic heterocycles. The quantitative estimate of drug-likeness (QED) is 0.581. The van der Waals surface area contributed by atoms with Gasteiger partial charge in [-0.2, -0.15) is 0 Å². The van der Waals surface area contributed by atoms with Crippen molar-refractivity contribution in [1.29, 1.82) is 0 Å². The van der Waals surface area contributed by atoms with Crippen molar-refractivity contribution in [2.45, 2.75) is 59.3 Å². The molecule has 0 aliphatic carbocycles. The number of alkyl carbamates (subject to hydrolysis) is 2. The molecule has 0 bridgehead atoms. The first-order valence-electron chi connectivity index (χ1n) is 9.08. The number of nitrogens with one attached hydrogen (secondary N) is 2. The SMILES string of the molecule is COc1ccc(OC)c(CN=C(NC(=O)OC(C)(C)C)NC(=O)OC(C)(C)C)c1. The van der Waals surface area contributed by atoms with Crippen molar-refractivity contribution in [3.05, 3.63) is 23.8 Å². The van der Waals surface area contributed by atoms with Gasteiger partial charge in [0.05, 0.1) is 20.8 Å². The van der Waals surface area contributed by atoms with Crippen molar-refractivity contribution in [3.8, 4) is 11.5 Å². The van der Waals surface area contributed by atoms with Crippen molar-refractivity contribution in [2.75, 3.05) is 14.2 Å². The second-order valence-corrected chi connectivity index (χ2v) is 8.10. The van der Waals surface area contributed by atoms with Crippen LogP contribution in [0.4, 0.5) is 9.59 Å². The number of carbonyl (C=O) groups is 2. The summed E-state index contributed by atoms with van der Waals surface area (Å²) in [6.45, 7) is 10.5. The number of nitrogens with zero attached hydrogens (tertiary/aromatic N) is 1. The number of hydrogen-bond donors (Lipinski definition) is 2. The van der Waals surface area contributed by atoms with Crippen molar-refractivity contribution in [3.63, 3.8) is 0 Å². The van der Waals surface area contributed by atoms with E-state index in [0.29, 0.717) is 17.1 Å². The van der Waals surface area contributed by atoms with Gasteiger partial charge in [0, 0.05) is 5.56 Å². The molecule has 29 heavy (non-hydrogen) atoms. The predicted octanol–water partition coefficient (Wildman–Crippen LogP) is 3.61. The van der Waals surface area contributed by atoms with Crippen molar-refractivity contribution in [1.82, 2.24) is 10.6 Å². The summed E-state index contributed by atoms with van der Waals surface area (Å²) in [5.74, 6) is 1.10. The minimum absolute atomic E-state index is 0.0985. The van der Waals surface area contributed by atoms with Crippen LogP contribution >= 0.6 is 0 Å². The Balaban J connectivity index is 3.06. The number of methoxy groups -OCH3 is 2. The zero-order chi connectivity index (χ0) is 22.2. The molecule has 0 saturated heterocycles. The molecule has 1 aromatic rings. The maximum absolute atomic E-state index is 12.1. The molecule has 0 radical (unpaired) electrons. The number of rotatable bonds is 4. The van der Waals surface area contributed by atoms with Crippen LogP contribution in [0.5, 0.6) is 11.5 Å². The summed E-state index contributed by atoms with van der Waals surface area (Å²) >= 11 is 0. The molecule has 0 unspecified atom stereocenters. The molecule has 1 aromatic carbocycles. The maximum atomic E-state index is 12.1. The molecule has 0 saturated carbocycles. The largest absolute Gasteiger partial charge is 0.497 e. The zero-order valence-corrected chi connectivity index (χ0v) is 18.3. The molecule has 9 nitrogen and oxygen atoms in total. The van der Waals surface area contributed by atoms with Gasteiger partial charge in [0.1, 0.15) is 22.7 Å². The van der Waals surface area contributed by atoms with Crippen LogP contribution in [-0.2, 0) is 16.0 Å². The molecule has 0 heterocycles. The smallest absolute Gasteiger partial charge is 0.414 e. The van der Waals surface area contributed by atoms with E-state index in [0.717, 1.165) is 0 Å². The van der Waals surface area contributed by atoms with Crippen molar-refractivity contribution >= 4 is 18.1 Å². The van der Waals surface area contributed by atoms with Gasteiger partial charge in [-0.15, -0.1) is 0 Å². The van der Waals surface area contributed by atoms with E-state index in [1.165, 1.54) is 7.11 Å². The molecule has 1 rings (SSSR count). The monoisotopic (exact) mass is 409 g/mol. The van der Waals surface area contributed by atoms with E-state index in [9.17, 15) is 9.59 Å². The maximum Gasteiger partial charge on any atom is 0.414 e. The second kappa shape index (κ2) is 9.99. The molecule has 0 aliphatic rings. The van der Waals surface area contributed by atoms with Crippen LogP contribution < -0.4 is 20.1 Å². The summed E-state index contributed by atoms with van der Waals surface area (Å²) in [5.41, 5.74) is -0.727. The summed E-state index contributed by atoms with van der Waals surface area (Å²) in [5, 5.41) is 4.86. The van der Waals surface area contributed by atoms with E-state index in [1.807, 2.05) is 0 Å². The number of aliphatic imine (C=N–C) groups is 1. The molecule has 0 spiro atoms. The fourth-order valence-corrected chi connectivity index (χ4v) is 2.08. The second-order valence-electron chi connectivity index (χ2n) is 8.10. The third kappa shape index (κ3) is 9.68. The first-order chi connectivity index (χ1) is 13.3. The fraction of sp³-hybridized carbons (Fsp3) is 0.550. The first kappa shape index (κ1) is 24.1. The fourth-order valence-electron chi connectivity index (χ4n) is 2.08. The van der Waals surface area contributed by atoms with Gasteiger partial charge in [-0.25, -0.2) is 14.6 Å². The summed E-state index contributed by atoms with van der Waals surface area (Å²) < 4.78 is 21.0. The lowest BCUT2D eigenvalue weighted by Crippen LogP contribution is -2.47. The van der Waals surface area contributed by atoms with E-state index < -0.39 is 23.4 Å². The Morgan fingerprint density at radius 2 is 1.41 bits per heavy atom. The molecular formula is C20H31N3O6. The van der Waals surface area contributed by atoms with Gasteiger partial charge in [0.25, 0.3) is 0 Å². The molecule has 2 amide bonds. The van der Waals surface area contributed by atoms with E-state index in [1.54, 1.807) is 66.9 Å². The van der Waals surface area contributed by atoms with Gasteiger partial charge in [-0.3, -0.25) is 10.6 Å². The van der Waals surface area contributed by atoms with E-state index >= 15 is 0 Å². The highest BCUT2D eigenvalue weighted by atomic mass is 16.6. The van der Waals surface area contributed by atoms with Crippen LogP contribution in [-0.4, -0.2) is 43.6 Å². The minimum Gasteiger partial charge on any atom is -0.497 e. The van der Waals surface area contributed by atoms with Crippen LogP contribution in [0, 0.1) is 0 Å². The third-order valence-electron chi connectivity index (χ3n) is 3.13. The topological polar surface area (TPSA) is 107 Å². The molecule has 2 N–H and O–H groups in total. The molecule has 9 heteroatoms. The Bertz CT molecular complexity index is 716. The average Bonchev–Trinajstić information content (AvgIpc) is 2.55. The van der Waals surface area contributed by atoms with Crippen molar-refractivity contribution < 1.29 is 28.5 Å². The van der Waals surface area contributed by atoms with Gasteiger partial charge in [0.2, 0.25) is 5.96 Å². The Labute approximate surface area is 171 Å². The summed E-state index contributed by atoms with van der Waals surface area (Å²) in [6, 6.07) is 5.25. The number of ether oxygens (including phenoxy) is 4. The van der Waals surface area contributed by atoms with Crippen LogP contribution in [0.2, 0.25) is 0 Å². The van der Waals surface area contributed by atoms with Crippen LogP contribution in [0.3, 0.4) is 0 Å².